The highest BCUT2D eigenvalue weighted by molar-refractivity contribution is 7.47. The van der Waals surface area contributed by atoms with Crippen LogP contribution in [0.15, 0.2) is 11.6 Å². The first-order valence-electron chi connectivity index (χ1n) is 17.0. The molecular formula is C34H60NO7P. The second kappa shape index (κ2) is 14.7. The zero-order chi connectivity index (χ0) is 31.4. The minimum absolute atomic E-state index is 0.0694. The molecule has 248 valence electrons. The van der Waals surface area contributed by atoms with Crippen molar-refractivity contribution in [3.63, 3.8) is 0 Å². The monoisotopic (exact) mass is 625 g/mol. The molecule has 43 heavy (non-hydrogen) atoms. The molecule has 0 heterocycles. The molecule has 0 radical (unpaired) electrons. The molecule has 0 spiro atoms. The van der Waals surface area contributed by atoms with E-state index in [1.807, 2.05) is 19.0 Å². The van der Waals surface area contributed by atoms with Gasteiger partial charge in [0.2, 0.25) is 0 Å². The molecule has 0 aromatic rings. The lowest BCUT2D eigenvalue weighted by Crippen LogP contribution is -2.51. The third kappa shape index (κ3) is 8.47. The van der Waals surface area contributed by atoms with Gasteiger partial charge in [-0.05, 0) is 105 Å². The van der Waals surface area contributed by atoms with Crippen LogP contribution in [0.2, 0.25) is 0 Å². The molecule has 4 unspecified atom stereocenters. The quantitative estimate of drug-likeness (QED) is 0.0893. The third-order valence-electron chi connectivity index (χ3n) is 11.9. The molecule has 0 amide bonds. The predicted molar refractivity (Wildman–Crippen MR) is 170 cm³/mol. The van der Waals surface area contributed by atoms with Crippen molar-refractivity contribution in [3.8, 4) is 0 Å². The number of carbonyl (C=O) groups excluding carboxylic acids is 1. The molecule has 4 aliphatic carbocycles. The van der Waals surface area contributed by atoms with Crippen molar-refractivity contribution in [2.75, 3.05) is 40.5 Å². The summed E-state index contributed by atoms with van der Waals surface area (Å²) < 4.78 is 32.6. The summed E-state index contributed by atoms with van der Waals surface area (Å²) in [6.45, 7) is 12.5. The number of ether oxygens (including phenoxy) is 2. The van der Waals surface area contributed by atoms with Crippen molar-refractivity contribution < 1.29 is 32.8 Å². The van der Waals surface area contributed by atoms with Gasteiger partial charge in [0.05, 0.1) is 13.2 Å². The van der Waals surface area contributed by atoms with Gasteiger partial charge >= 0.3 is 14.0 Å². The van der Waals surface area contributed by atoms with E-state index in [0.717, 1.165) is 61.2 Å². The van der Waals surface area contributed by atoms with Crippen molar-refractivity contribution in [1.29, 1.82) is 0 Å². The number of nitrogens with zero attached hydrogens (tertiary/aromatic N) is 1. The maximum absolute atomic E-state index is 12.4. The number of hydrogen-bond donors (Lipinski definition) is 1. The highest BCUT2D eigenvalue weighted by Crippen LogP contribution is 2.67. The van der Waals surface area contributed by atoms with Crippen LogP contribution in [0, 0.1) is 46.3 Å². The van der Waals surface area contributed by atoms with Gasteiger partial charge in [0.25, 0.3) is 0 Å². The number of allylic oxidation sites excluding steroid dienone is 1. The van der Waals surface area contributed by atoms with E-state index in [4.69, 9.17) is 18.5 Å². The van der Waals surface area contributed by atoms with Gasteiger partial charge in [-0.1, -0.05) is 65.5 Å². The molecule has 3 saturated carbocycles. The highest BCUT2D eigenvalue weighted by atomic mass is 31.2. The van der Waals surface area contributed by atoms with E-state index >= 15 is 0 Å². The molecule has 4 rings (SSSR count). The number of rotatable bonds is 14. The average Bonchev–Trinajstić information content (AvgIpc) is 3.28. The van der Waals surface area contributed by atoms with Crippen LogP contribution in [-0.4, -0.2) is 62.5 Å². The molecule has 3 fully saturated rings. The molecule has 1 N–H and O–H groups in total. The van der Waals surface area contributed by atoms with Crippen molar-refractivity contribution in [2.24, 2.45) is 46.3 Å². The Labute approximate surface area is 261 Å². The Morgan fingerprint density at radius 2 is 1.77 bits per heavy atom. The van der Waals surface area contributed by atoms with Crippen LogP contribution in [-0.2, 0) is 23.1 Å². The van der Waals surface area contributed by atoms with Crippen LogP contribution in [0.5, 0.6) is 0 Å². The second-order valence-electron chi connectivity index (χ2n) is 15.3. The van der Waals surface area contributed by atoms with Crippen LogP contribution < -0.4 is 0 Å². The number of hydrogen-bond acceptors (Lipinski definition) is 7. The molecule has 0 saturated heterocycles. The van der Waals surface area contributed by atoms with Gasteiger partial charge in [0.15, 0.2) is 0 Å². The molecule has 0 aliphatic heterocycles. The lowest BCUT2D eigenvalue weighted by Gasteiger charge is -2.58. The lowest BCUT2D eigenvalue weighted by molar-refractivity contribution is -0.0620. The summed E-state index contributed by atoms with van der Waals surface area (Å²) in [5, 5.41) is 0. The van der Waals surface area contributed by atoms with Crippen molar-refractivity contribution in [3.05, 3.63) is 11.6 Å². The minimum atomic E-state index is -4.17. The lowest BCUT2D eigenvalue weighted by atomic mass is 9.47. The number of carbonyl (C=O) groups is 1. The Bertz CT molecular complexity index is 1020. The van der Waals surface area contributed by atoms with Crippen molar-refractivity contribution in [1.82, 2.24) is 4.90 Å². The fourth-order valence-electron chi connectivity index (χ4n) is 9.58. The van der Waals surface area contributed by atoms with E-state index in [-0.39, 0.29) is 31.3 Å². The summed E-state index contributed by atoms with van der Waals surface area (Å²) in [6.07, 6.45) is 15.0. The Morgan fingerprint density at radius 3 is 2.49 bits per heavy atom. The van der Waals surface area contributed by atoms with Crippen molar-refractivity contribution >= 4 is 14.0 Å². The first-order chi connectivity index (χ1) is 20.2. The Kier molecular flexibility index (Phi) is 11.9. The molecule has 0 aromatic carbocycles. The molecule has 9 heteroatoms. The maximum atomic E-state index is 12.4. The second-order valence-corrected chi connectivity index (χ2v) is 16.8. The first-order valence-corrected chi connectivity index (χ1v) is 18.5. The summed E-state index contributed by atoms with van der Waals surface area (Å²) in [6, 6.07) is 0. The van der Waals surface area contributed by atoms with Crippen LogP contribution in [0.1, 0.15) is 105 Å². The molecule has 4 aliphatic rings. The van der Waals surface area contributed by atoms with Crippen LogP contribution in [0.25, 0.3) is 0 Å². The van der Waals surface area contributed by atoms with Gasteiger partial charge in [0.1, 0.15) is 12.7 Å². The zero-order valence-electron chi connectivity index (χ0n) is 28.0. The Hall–Kier alpha value is -0.920. The van der Waals surface area contributed by atoms with Crippen LogP contribution >= 0.6 is 7.82 Å². The number of phosphoric acid groups is 1. The normalized spacial score (nSPS) is 35.9. The summed E-state index contributed by atoms with van der Waals surface area (Å²) >= 11 is 0. The number of fused-ring (bicyclic) bond motifs is 5. The maximum Gasteiger partial charge on any atom is 0.508 e. The Morgan fingerprint density at radius 1 is 1.02 bits per heavy atom. The zero-order valence-corrected chi connectivity index (χ0v) is 28.9. The summed E-state index contributed by atoms with van der Waals surface area (Å²) in [5.74, 6) is 4.82. The van der Waals surface area contributed by atoms with E-state index < -0.39 is 14.0 Å². The van der Waals surface area contributed by atoms with Gasteiger partial charge in [-0.3, -0.25) is 9.05 Å². The SMILES string of the molecule is CC(C)CCC[C@@H](C)[C@H]1CCC2C3CC=C4C[C@@H](OC(=O)OCCOP(=O)(O)OCCN(C)C)CC[C@]4(C)C3CC[C@@]21C. The topological polar surface area (TPSA) is 94.5 Å². The van der Waals surface area contributed by atoms with Crippen LogP contribution in [0.3, 0.4) is 0 Å². The number of phosphoric ester groups is 1. The standard InChI is InChI=1S/C34H60NO7P/c1-24(2)9-8-10-25(3)29-13-14-30-28-12-11-26-23-27(15-17-33(26,4)31(28)16-18-34(29,30)5)42-32(36)39-21-22-41-43(37,38)40-20-19-35(6)7/h11,24-25,27-31H,8-10,12-23H2,1-7H3,(H,37,38)/t25-,27+,28?,29-,30?,31?,33+,34-/m1/s1. The van der Waals surface area contributed by atoms with Crippen LogP contribution in [0.4, 0.5) is 4.79 Å². The third-order valence-corrected chi connectivity index (χ3v) is 12.9. The van der Waals surface area contributed by atoms with Gasteiger partial charge < -0.3 is 19.3 Å². The summed E-state index contributed by atoms with van der Waals surface area (Å²) in [4.78, 5) is 24.0. The van der Waals surface area contributed by atoms with Gasteiger partial charge in [-0.25, -0.2) is 9.36 Å². The number of likely N-dealkylation sites (N-methyl/N-ethyl adjacent to an activating group) is 1. The molecule has 8 nitrogen and oxygen atoms in total. The van der Waals surface area contributed by atoms with E-state index in [0.29, 0.717) is 12.0 Å². The molecule has 0 bridgehead atoms. The largest absolute Gasteiger partial charge is 0.508 e. The fraction of sp³-hybridized carbons (Fsp3) is 0.912. The van der Waals surface area contributed by atoms with E-state index in [1.165, 1.54) is 50.5 Å². The van der Waals surface area contributed by atoms with E-state index in [9.17, 15) is 14.3 Å². The summed E-state index contributed by atoms with van der Waals surface area (Å²) in [5.41, 5.74) is 2.14. The molecule has 0 aromatic heterocycles. The summed E-state index contributed by atoms with van der Waals surface area (Å²) in [7, 11) is -0.495. The highest BCUT2D eigenvalue weighted by Gasteiger charge is 2.59. The first kappa shape index (κ1) is 34.9. The van der Waals surface area contributed by atoms with Crippen molar-refractivity contribution in [2.45, 2.75) is 111 Å². The molecular weight excluding hydrogens is 565 g/mol. The van der Waals surface area contributed by atoms with Gasteiger partial charge in [-0.15, -0.1) is 0 Å². The smallest absolute Gasteiger partial charge is 0.432 e. The van der Waals surface area contributed by atoms with E-state index in [1.54, 1.807) is 0 Å². The van der Waals surface area contributed by atoms with Gasteiger partial charge in [0, 0.05) is 13.0 Å². The average molecular weight is 626 g/mol. The minimum Gasteiger partial charge on any atom is -0.432 e. The fourth-order valence-corrected chi connectivity index (χ4v) is 10.3. The van der Waals surface area contributed by atoms with Gasteiger partial charge in [-0.2, -0.15) is 0 Å². The predicted octanol–water partition coefficient (Wildman–Crippen LogP) is 8.24. The van der Waals surface area contributed by atoms with E-state index in [2.05, 4.69) is 40.7 Å². The molecule has 9 atom stereocenters. The Balaban J connectivity index is 1.25.